The summed E-state index contributed by atoms with van der Waals surface area (Å²) in [7, 11) is 0. The summed E-state index contributed by atoms with van der Waals surface area (Å²) in [6.45, 7) is 0. The summed E-state index contributed by atoms with van der Waals surface area (Å²) in [4.78, 5) is 10.5. The molecule has 1 aliphatic rings. The van der Waals surface area contributed by atoms with Crippen LogP contribution in [0.5, 0.6) is 0 Å². The molecule has 0 unspecified atom stereocenters. The van der Waals surface area contributed by atoms with E-state index in [0.717, 1.165) is 19.3 Å². The summed E-state index contributed by atoms with van der Waals surface area (Å²) in [6.07, 6.45) is 6.91. The zero-order valence-corrected chi connectivity index (χ0v) is 5.34. The Bertz CT molecular complexity index is 140. The molecular formula is C7H11NO. The van der Waals surface area contributed by atoms with Gasteiger partial charge in [-0.25, -0.2) is 0 Å². The highest BCUT2D eigenvalue weighted by Crippen LogP contribution is 2.16. The van der Waals surface area contributed by atoms with Gasteiger partial charge in [-0.2, -0.15) is 0 Å². The predicted octanol–water partition coefficient (Wildman–Crippen LogP) is 0.828. The predicted molar refractivity (Wildman–Crippen MR) is 35.7 cm³/mol. The van der Waals surface area contributed by atoms with Gasteiger partial charge in [0.1, 0.15) is 0 Å². The van der Waals surface area contributed by atoms with E-state index in [-0.39, 0.29) is 11.8 Å². The SMILES string of the molecule is NC(=O)[C@H]1CC=CCC1. The molecule has 0 aromatic carbocycles. The first-order valence-electron chi connectivity index (χ1n) is 3.25. The molecule has 1 rings (SSSR count). The maximum atomic E-state index is 10.5. The second-order valence-corrected chi connectivity index (χ2v) is 2.38. The van der Waals surface area contributed by atoms with Gasteiger partial charge < -0.3 is 5.73 Å². The van der Waals surface area contributed by atoms with Crippen molar-refractivity contribution in [2.45, 2.75) is 19.3 Å². The van der Waals surface area contributed by atoms with Gasteiger partial charge in [-0.3, -0.25) is 4.79 Å². The molecule has 2 nitrogen and oxygen atoms in total. The highest BCUT2D eigenvalue weighted by atomic mass is 16.1. The summed E-state index contributed by atoms with van der Waals surface area (Å²) in [5, 5.41) is 0. The molecule has 1 atom stereocenters. The third-order valence-corrected chi connectivity index (χ3v) is 1.67. The third kappa shape index (κ3) is 1.56. The lowest BCUT2D eigenvalue weighted by molar-refractivity contribution is -0.121. The Hall–Kier alpha value is -0.790. The molecule has 0 spiro atoms. The molecule has 0 radical (unpaired) electrons. The summed E-state index contributed by atoms with van der Waals surface area (Å²) in [5.74, 6) is -0.0469. The number of carbonyl (C=O) groups excluding carboxylic acids is 1. The van der Waals surface area contributed by atoms with E-state index in [2.05, 4.69) is 6.08 Å². The second-order valence-electron chi connectivity index (χ2n) is 2.38. The highest BCUT2D eigenvalue weighted by molar-refractivity contribution is 5.76. The van der Waals surface area contributed by atoms with Crippen molar-refractivity contribution in [3.8, 4) is 0 Å². The fraction of sp³-hybridized carbons (Fsp3) is 0.571. The molecule has 1 amide bonds. The van der Waals surface area contributed by atoms with Crippen LogP contribution in [0.25, 0.3) is 0 Å². The van der Waals surface area contributed by atoms with Gasteiger partial charge in [0.15, 0.2) is 0 Å². The number of allylic oxidation sites excluding steroid dienone is 2. The molecule has 9 heavy (non-hydrogen) atoms. The van der Waals surface area contributed by atoms with E-state index < -0.39 is 0 Å². The van der Waals surface area contributed by atoms with E-state index in [0.29, 0.717) is 0 Å². The number of rotatable bonds is 1. The average molecular weight is 125 g/mol. The van der Waals surface area contributed by atoms with Gasteiger partial charge in [0.05, 0.1) is 0 Å². The second kappa shape index (κ2) is 2.67. The standard InChI is InChI=1S/C7H11NO/c8-7(9)6-4-2-1-3-5-6/h1-2,6H,3-5H2,(H2,8,9)/t6-/m0/s1. The Morgan fingerprint density at radius 3 is 2.67 bits per heavy atom. The first-order valence-corrected chi connectivity index (χ1v) is 3.25. The molecule has 0 aliphatic heterocycles. The lowest BCUT2D eigenvalue weighted by Crippen LogP contribution is -2.23. The Morgan fingerprint density at radius 1 is 1.56 bits per heavy atom. The van der Waals surface area contributed by atoms with Gasteiger partial charge in [0.25, 0.3) is 0 Å². The van der Waals surface area contributed by atoms with Crippen molar-refractivity contribution < 1.29 is 4.79 Å². The van der Waals surface area contributed by atoms with E-state index in [9.17, 15) is 4.79 Å². The van der Waals surface area contributed by atoms with Crippen LogP contribution in [0.1, 0.15) is 19.3 Å². The number of hydrogen-bond donors (Lipinski definition) is 1. The van der Waals surface area contributed by atoms with Gasteiger partial charge >= 0.3 is 0 Å². The molecule has 2 N–H and O–H groups in total. The Labute approximate surface area is 54.7 Å². The third-order valence-electron chi connectivity index (χ3n) is 1.67. The van der Waals surface area contributed by atoms with E-state index in [1.807, 2.05) is 6.08 Å². The Kier molecular flexibility index (Phi) is 1.88. The lowest BCUT2D eigenvalue weighted by atomic mass is 9.94. The molecule has 2 heteroatoms. The van der Waals surface area contributed by atoms with Crippen LogP contribution in [-0.2, 0) is 4.79 Å². The maximum Gasteiger partial charge on any atom is 0.220 e. The number of carbonyl (C=O) groups is 1. The molecule has 0 fully saturated rings. The smallest absolute Gasteiger partial charge is 0.220 e. The van der Waals surface area contributed by atoms with E-state index >= 15 is 0 Å². The summed E-state index contributed by atoms with van der Waals surface area (Å²) >= 11 is 0. The van der Waals surface area contributed by atoms with Crippen LogP contribution in [0.4, 0.5) is 0 Å². The maximum absolute atomic E-state index is 10.5. The largest absolute Gasteiger partial charge is 0.369 e. The van der Waals surface area contributed by atoms with Crippen molar-refractivity contribution in [1.29, 1.82) is 0 Å². The molecule has 50 valence electrons. The first-order chi connectivity index (χ1) is 4.30. The van der Waals surface area contributed by atoms with Crippen molar-refractivity contribution in [1.82, 2.24) is 0 Å². The van der Waals surface area contributed by atoms with Gasteiger partial charge in [0, 0.05) is 5.92 Å². The molecule has 0 saturated carbocycles. The quantitative estimate of drug-likeness (QED) is 0.518. The number of nitrogens with two attached hydrogens (primary N) is 1. The molecule has 0 saturated heterocycles. The average Bonchev–Trinajstić information content (AvgIpc) is 1.90. The topological polar surface area (TPSA) is 43.1 Å². The van der Waals surface area contributed by atoms with Gasteiger partial charge in [-0.05, 0) is 19.3 Å². The van der Waals surface area contributed by atoms with Crippen LogP contribution in [0.2, 0.25) is 0 Å². The molecule has 1 aliphatic carbocycles. The Morgan fingerprint density at radius 2 is 2.33 bits per heavy atom. The van der Waals surface area contributed by atoms with Crippen molar-refractivity contribution in [3.05, 3.63) is 12.2 Å². The van der Waals surface area contributed by atoms with Crippen LogP contribution in [0.15, 0.2) is 12.2 Å². The molecule has 0 bridgehead atoms. The van der Waals surface area contributed by atoms with Crippen molar-refractivity contribution in [3.63, 3.8) is 0 Å². The monoisotopic (exact) mass is 125 g/mol. The fourth-order valence-electron chi connectivity index (χ4n) is 1.05. The number of hydrogen-bond acceptors (Lipinski definition) is 1. The van der Waals surface area contributed by atoms with Gasteiger partial charge in [-0.15, -0.1) is 0 Å². The van der Waals surface area contributed by atoms with Crippen molar-refractivity contribution >= 4 is 5.91 Å². The normalized spacial score (nSPS) is 26.0. The summed E-state index contributed by atoms with van der Waals surface area (Å²) < 4.78 is 0. The van der Waals surface area contributed by atoms with Crippen LogP contribution >= 0.6 is 0 Å². The van der Waals surface area contributed by atoms with Gasteiger partial charge in [0.2, 0.25) is 5.91 Å². The highest BCUT2D eigenvalue weighted by Gasteiger charge is 2.14. The minimum atomic E-state index is -0.153. The molecule has 0 aromatic rings. The first kappa shape index (κ1) is 6.33. The zero-order valence-electron chi connectivity index (χ0n) is 5.34. The van der Waals surface area contributed by atoms with Crippen molar-refractivity contribution in [2.24, 2.45) is 11.7 Å². The number of amides is 1. The molecule has 0 heterocycles. The van der Waals surface area contributed by atoms with Crippen LogP contribution in [0, 0.1) is 5.92 Å². The minimum Gasteiger partial charge on any atom is -0.369 e. The molecule has 0 aromatic heterocycles. The zero-order chi connectivity index (χ0) is 6.69. The lowest BCUT2D eigenvalue weighted by Gasteiger charge is -2.12. The van der Waals surface area contributed by atoms with E-state index in [4.69, 9.17) is 5.73 Å². The summed E-state index contributed by atoms with van der Waals surface area (Å²) in [5.41, 5.74) is 5.09. The fourth-order valence-corrected chi connectivity index (χ4v) is 1.05. The van der Waals surface area contributed by atoms with E-state index in [1.165, 1.54) is 0 Å². The van der Waals surface area contributed by atoms with Crippen LogP contribution in [-0.4, -0.2) is 5.91 Å². The summed E-state index contributed by atoms with van der Waals surface area (Å²) in [6, 6.07) is 0. The Balaban J connectivity index is 2.44. The van der Waals surface area contributed by atoms with Crippen LogP contribution in [0.3, 0.4) is 0 Å². The molecular weight excluding hydrogens is 114 g/mol. The van der Waals surface area contributed by atoms with E-state index in [1.54, 1.807) is 0 Å². The van der Waals surface area contributed by atoms with Crippen molar-refractivity contribution in [2.75, 3.05) is 0 Å². The number of primary amides is 1. The van der Waals surface area contributed by atoms with Gasteiger partial charge in [-0.1, -0.05) is 12.2 Å². The minimum absolute atomic E-state index is 0.106. The van der Waals surface area contributed by atoms with Crippen LogP contribution < -0.4 is 5.73 Å².